The van der Waals surface area contributed by atoms with E-state index in [2.05, 4.69) is 20.3 Å². The summed E-state index contributed by atoms with van der Waals surface area (Å²) in [4.78, 5) is 12.7. The van der Waals surface area contributed by atoms with Crippen LogP contribution in [0.5, 0.6) is 5.88 Å². The highest BCUT2D eigenvalue weighted by Gasteiger charge is 2.18. The molecule has 0 radical (unpaired) electrons. The normalized spacial score (nSPS) is 15.5. The summed E-state index contributed by atoms with van der Waals surface area (Å²) in [7, 11) is 0. The van der Waals surface area contributed by atoms with Crippen molar-refractivity contribution in [3.63, 3.8) is 0 Å². The smallest absolute Gasteiger partial charge is 0.242 e. The highest BCUT2D eigenvalue weighted by Crippen LogP contribution is 2.30. The average molecular weight is 299 g/mol. The number of hydrogen-bond donors (Lipinski definition) is 2. The first-order valence-corrected chi connectivity index (χ1v) is 7.70. The standard InChI is InChI=1S/C16H21N5O/c1-11-6-5-9-18-14(11)21-15-13(17)16(20-10-19-15)22-12-7-3-2-4-8-12/h5-6,9-10,12H,2-4,7-8,17H2,1H3,(H,18,19,20,21). The minimum absolute atomic E-state index is 0.204. The van der Waals surface area contributed by atoms with Gasteiger partial charge in [0.15, 0.2) is 5.82 Å². The van der Waals surface area contributed by atoms with Crippen LogP contribution in [-0.4, -0.2) is 21.1 Å². The van der Waals surface area contributed by atoms with Gasteiger partial charge in [0.1, 0.15) is 23.9 Å². The van der Waals surface area contributed by atoms with Crippen molar-refractivity contribution in [2.45, 2.75) is 45.1 Å². The molecule has 0 unspecified atom stereocenters. The summed E-state index contributed by atoms with van der Waals surface area (Å²) in [6.45, 7) is 1.98. The van der Waals surface area contributed by atoms with Crippen LogP contribution in [-0.2, 0) is 0 Å². The monoisotopic (exact) mass is 299 g/mol. The van der Waals surface area contributed by atoms with Crippen molar-refractivity contribution in [3.8, 4) is 5.88 Å². The van der Waals surface area contributed by atoms with Gasteiger partial charge in [-0.1, -0.05) is 12.5 Å². The van der Waals surface area contributed by atoms with E-state index in [0.29, 0.717) is 17.4 Å². The molecular weight excluding hydrogens is 278 g/mol. The van der Waals surface area contributed by atoms with E-state index < -0.39 is 0 Å². The van der Waals surface area contributed by atoms with E-state index in [0.717, 1.165) is 24.2 Å². The van der Waals surface area contributed by atoms with Crippen molar-refractivity contribution in [1.82, 2.24) is 15.0 Å². The second-order valence-electron chi connectivity index (χ2n) is 5.61. The van der Waals surface area contributed by atoms with E-state index in [1.165, 1.54) is 25.6 Å². The number of pyridine rings is 1. The van der Waals surface area contributed by atoms with E-state index in [1.807, 2.05) is 19.1 Å². The van der Waals surface area contributed by atoms with Crippen LogP contribution in [0.2, 0.25) is 0 Å². The largest absolute Gasteiger partial charge is 0.473 e. The molecule has 0 saturated heterocycles. The minimum atomic E-state index is 0.204. The summed E-state index contributed by atoms with van der Waals surface area (Å²) >= 11 is 0. The van der Waals surface area contributed by atoms with E-state index >= 15 is 0 Å². The van der Waals surface area contributed by atoms with Gasteiger partial charge in [0.2, 0.25) is 5.88 Å². The highest BCUT2D eigenvalue weighted by molar-refractivity contribution is 5.71. The zero-order chi connectivity index (χ0) is 15.4. The second-order valence-corrected chi connectivity index (χ2v) is 5.61. The molecule has 3 N–H and O–H groups in total. The highest BCUT2D eigenvalue weighted by atomic mass is 16.5. The molecule has 1 fully saturated rings. The number of anilines is 3. The lowest BCUT2D eigenvalue weighted by Gasteiger charge is -2.23. The maximum atomic E-state index is 6.16. The van der Waals surface area contributed by atoms with Gasteiger partial charge < -0.3 is 15.8 Å². The maximum Gasteiger partial charge on any atom is 0.242 e. The van der Waals surface area contributed by atoms with E-state index in [1.54, 1.807) is 6.20 Å². The molecular formula is C16H21N5O. The summed E-state index contributed by atoms with van der Waals surface area (Å²) in [6.07, 6.45) is 9.21. The number of aryl methyl sites for hydroxylation is 1. The Morgan fingerprint density at radius 3 is 2.73 bits per heavy atom. The number of nitrogen functional groups attached to an aromatic ring is 1. The molecule has 0 aromatic carbocycles. The molecule has 1 aliphatic carbocycles. The fourth-order valence-corrected chi connectivity index (χ4v) is 2.64. The third-order valence-electron chi connectivity index (χ3n) is 3.92. The number of aromatic nitrogens is 3. The fraction of sp³-hybridized carbons (Fsp3) is 0.438. The molecule has 1 aliphatic rings. The SMILES string of the molecule is Cc1cccnc1Nc1ncnc(OC2CCCCC2)c1N. The Morgan fingerprint density at radius 1 is 1.14 bits per heavy atom. The van der Waals surface area contributed by atoms with Crippen molar-refractivity contribution in [1.29, 1.82) is 0 Å². The van der Waals surface area contributed by atoms with Crippen LogP contribution >= 0.6 is 0 Å². The summed E-state index contributed by atoms with van der Waals surface area (Å²) in [5.41, 5.74) is 7.61. The number of rotatable bonds is 4. The number of nitrogens with one attached hydrogen (secondary N) is 1. The molecule has 0 amide bonds. The lowest BCUT2D eigenvalue weighted by Crippen LogP contribution is -2.21. The molecule has 116 valence electrons. The van der Waals surface area contributed by atoms with Gasteiger partial charge in [-0.15, -0.1) is 0 Å². The zero-order valence-electron chi connectivity index (χ0n) is 12.7. The zero-order valence-corrected chi connectivity index (χ0v) is 12.7. The van der Waals surface area contributed by atoms with Crippen molar-refractivity contribution >= 4 is 17.3 Å². The molecule has 0 bridgehead atoms. The summed E-state index contributed by atoms with van der Waals surface area (Å²) in [5, 5.41) is 3.15. The quantitative estimate of drug-likeness (QED) is 0.901. The van der Waals surface area contributed by atoms with Crippen LogP contribution in [0.3, 0.4) is 0 Å². The van der Waals surface area contributed by atoms with Crippen LogP contribution in [0.15, 0.2) is 24.7 Å². The van der Waals surface area contributed by atoms with E-state index in [-0.39, 0.29) is 6.10 Å². The van der Waals surface area contributed by atoms with Crippen molar-refractivity contribution in [2.24, 2.45) is 0 Å². The topological polar surface area (TPSA) is 86.0 Å². The number of hydrogen-bond acceptors (Lipinski definition) is 6. The van der Waals surface area contributed by atoms with Gasteiger partial charge in [-0.3, -0.25) is 0 Å². The first-order chi connectivity index (χ1) is 10.7. The Bertz CT molecular complexity index is 640. The molecule has 3 rings (SSSR count). The fourth-order valence-electron chi connectivity index (χ4n) is 2.64. The van der Waals surface area contributed by atoms with Crippen LogP contribution in [0.1, 0.15) is 37.7 Å². The van der Waals surface area contributed by atoms with Crippen LogP contribution in [0.25, 0.3) is 0 Å². The van der Waals surface area contributed by atoms with Gasteiger partial charge in [0.05, 0.1) is 0 Å². The molecule has 0 spiro atoms. The molecule has 2 aromatic heterocycles. The van der Waals surface area contributed by atoms with Crippen molar-refractivity contribution in [3.05, 3.63) is 30.2 Å². The molecule has 6 heteroatoms. The van der Waals surface area contributed by atoms with Gasteiger partial charge in [0.25, 0.3) is 0 Å². The number of nitrogens with zero attached hydrogens (tertiary/aromatic N) is 3. The minimum Gasteiger partial charge on any atom is -0.473 e. The van der Waals surface area contributed by atoms with Gasteiger partial charge >= 0.3 is 0 Å². The average Bonchev–Trinajstić information content (AvgIpc) is 2.54. The molecule has 2 aromatic rings. The Hall–Kier alpha value is -2.37. The Balaban J connectivity index is 1.78. The van der Waals surface area contributed by atoms with Crippen molar-refractivity contribution < 1.29 is 4.74 Å². The predicted molar refractivity (Wildman–Crippen MR) is 86.2 cm³/mol. The third-order valence-corrected chi connectivity index (χ3v) is 3.92. The molecule has 2 heterocycles. The lowest BCUT2D eigenvalue weighted by molar-refractivity contribution is 0.149. The number of ether oxygens (including phenoxy) is 1. The van der Waals surface area contributed by atoms with E-state index in [4.69, 9.17) is 10.5 Å². The van der Waals surface area contributed by atoms with Crippen LogP contribution < -0.4 is 15.8 Å². The van der Waals surface area contributed by atoms with Gasteiger partial charge in [0, 0.05) is 6.20 Å². The second kappa shape index (κ2) is 6.60. The number of nitrogens with two attached hydrogens (primary N) is 1. The van der Waals surface area contributed by atoms with E-state index in [9.17, 15) is 0 Å². The summed E-state index contributed by atoms with van der Waals surface area (Å²) in [6, 6.07) is 3.87. The Morgan fingerprint density at radius 2 is 1.95 bits per heavy atom. The Kier molecular flexibility index (Phi) is 4.37. The predicted octanol–water partition coefficient (Wildman–Crippen LogP) is 3.22. The van der Waals surface area contributed by atoms with Crippen LogP contribution in [0.4, 0.5) is 17.3 Å². The molecule has 6 nitrogen and oxygen atoms in total. The third kappa shape index (κ3) is 3.27. The first-order valence-electron chi connectivity index (χ1n) is 7.70. The molecule has 1 saturated carbocycles. The summed E-state index contributed by atoms with van der Waals surface area (Å²) in [5.74, 6) is 1.72. The van der Waals surface area contributed by atoms with Gasteiger partial charge in [-0.2, -0.15) is 4.98 Å². The van der Waals surface area contributed by atoms with Gasteiger partial charge in [-0.25, -0.2) is 9.97 Å². The summed E-state index contributed by atoms with van der Waals surface area (Å²) < 4.78 is 5.96. The maximum absolute atomic E-state index is 6.16. The molecule has 0 aliphatic heterocycles. The van der Waals surface area contributed by atoms with Crippen molar-refractivity contribution in [2.75, 3.05) is 11.1 Å². The Labute approximate surface area is 130 Å². The molecule has 0 atom stereocenters. The molecule has 22 heavy (non-hydrogen) atoms. The van der Waals surface area contributed by atoms with Gasteiger partial charge in [-0.05, 0) is 44.2 Å². The lowest BCUT2D eigenvalue weighted by atomic mass is 9.98. The first kappa shape index (κ1) is 14.6. The van der Waals surface area contributed by atoms with Crippen LogP contribution in [0, 0.1) is 6.92 Å².